The minimum absolute atomic E-state index is 0.166. The predicted molar refractivity (Wildman–Crippen MR) is 85.4 cm³/mol. The van der Waals surface area contributed by atoms with E-state index in [1.165, 1.54) is 12.0 Å². The van der Waals surface area contributed by atoms with Crippen molar-refractivity contribution in [2.75, 3.05) is 13.2 Å². The Kier molecular flexibility index (Phi) is 5.68. The smallest absolute Gasteiger partial charge is 0.407 e. The van der Waals surface area contributed by atoms with Gasteiger partial charge in [0, 0.05) is 13.2 Å². The molecule has 0 amide bonds. The van der Waals surface area contributed by atoms with E-state index < -0.39 is 0 Å². The van der Waals surface area contributed by atoms with Gasteiger partial charge in [-0.05, 0) is 41.6 Å². The molecule has 3 heteroatoms. The molecule has 0 aromatic heterocycles. The van der Waals surface area contributed by atoms with Crippen molar-refractivity contribution < 1.29 is 9.31 Å². The normalized spacial score (nSPS) is 17.8. The summed E-state index contributed by atoms with van der Waals surface area (Å²) >= 11 is 0. The third-order valence-corrected chi connectivity index (χ3v) is 3.99. The van der Waals surface area contributed by atoms with E-state index in [-0.39, 0.29) is 7.12 Å². The number of hydrogen-bond donors (Lipinski definition) is 0. The number of rotatable bonds is 5. The van der Waals surface area contributed by atoms with Crippen LogP contribution in [0.3, 0.4) is 0 Å². The summed E-state index contributed by atoms with van der Waals surface area (Å²) < 4.78 is 11.3. The summed E-state index contributed by atoms with van der Waals surface area (Å²) in [4.78, 5) is 0. The van der Waals surface area contributed by atoms with Crippen molar-refractivity contribution in [1.29, 1.82) is 0 Å². The third-order valence-electron chi connectivity index (χ3n) is 3.99. The van der Waals surface area contributed by atoms with E-state index in [4.69, 9.17) is 9.31 Å². The largest absolute Gasteiger partial charge is 0.493 e. The van der Waals surface area contributed by atoms with Crippen molar-refractivity contribution in [3.63, 3.8) is 0 Å². The highest BCUT2D eigenvalue weighted by atomic mass is 16.6. The van der Waals surface area contributed by atoms with E-state index in [9.17, 15) is 0 Å². The van der Waals surface area contributed by atoms with Gasteiger partial charge in [-0.15, -0.1) is 0 Å². The van der Waals surface area contributed by atoms with Gasteiger partial charge in [0.2, 0.25) is 0 Å². The molecule has 1 unspecified atom stereocenters. The molecular formula is C17H27BO2. The number of benzene rings is 1. The van der Waals surface area contributed by atoms with Crippen molar-refractivity contribution in [2.45, 2.75) is 46.5 Å². The van der Waals surface area contributed by atoms with Crippen LogP contribution in [-0.2, 0) is 9.31 Å². The van der Waals surface area contributed by atoms with E-state index >= 15 is 0 Å². The Labute approximate surface area is 124 Å². The van der Waals surface area contributed by atoms with Crippen LogP contribution in [0.25, 0.3) is 0 Å². The molecule has 2 rings (SSSR count). The maximum absolute atomic E-state index is 5.65. The van der Waals surface area contributed by atoms with Crippen molar-refractivity contribution >= 4 is 12.6 Å². The molecule has 1 aromatic rings. The molecule has 110 valence electrons. The van der Waals surface area contributed by atoms with Crippen molar-refractivity contribution in [1.82, 2.24) is 0 Å². The second kappa shape index (κ2) is 7.28. The summed E-state index contributed by atoms with van der Waals surface area (Å²) in [6, 6.07) is 8.84. The van der Waals surface area contributed by atoms with Gasteiger partial charge < -0.3 is 9.31 Å². The Hall–Kier alpha value is -0.795. The molecule has 0 bridgehead atoms. The zero-order chi connectivity index (χ0) is 14.5. The molecule has 1 saturated heterocycles. The Morgan fingerprint density at radius 3 is 2.10 bits per heavy atom. The van der Waals surface area contributed by atoms with Crippen LogP contribution < -0.4 is 5.46 Å². The van der Waals surface area contributed by atoms with Crippen molar-refractivity contribution in [2.24, 2.45) is 11.8 Å². The van der Waals surface area contributed by atoms with Crippen molar-refractivity contribution in [3.8, 4) is 0 Å². The Morgan fingerprint density at radius 1 is 1.00 bits per heavy atom. The molecule has 2 nitrogen and oxygen atoms in total. The topological polar surface area (TPSA) is 18.5 Å². The molecule has 1 aliphatic rings. The molecule has 0 radical (unpaired) electrons. The first kappa shape index (κ1) is 15.6. The first-order valence-electron chi connectivity index (χ1n) is 7.91. The summed E-state index contributed by atoms with van der Waals surface area (Å²) in [5, 5.41) is 0. The summed E-state index contributed by atoms with van der Waals surface area (Å²) in [6.07, 6.45) is 2.24. The maximum atomic E-state index is 5.65. The van der Waals surface area contributed by atoms with E-state index in [2.05, 4.69) is 52.0 Å². The van der Waals surface area contributed by atoms with E-state index in [1.807, 2.05) is 0 Å². The van der Waals surface area contributed by atoms with Gasteiger partial charge in [-0.3, -0.25) is 0 Å². The lowest BCUT2D eigenvalue weighted by Gasteiger charge is -2.24. The highest BCUT2D eigenvalue weighted by Gasteiger charge is 2.25. The average Bonchev–Trinajstić information content (AvgIpc) is 2.45. The standard InChI is InChI=1S/C17H27BO2/c1-13(2)12-17(14(3)4)15-6-8-16(9-7-15)18-19-10-5-11-20-18/h6-9,13-14,17H,5,10-12H2,1-4H3. The van der Waals surface area contributed by atoms with Gasteiger partial charge in [-0.2, -0.15) is 0 Å². The van der Waals surface area contributed by atoms with Crippen LogP contribution >= 0.6 is 0 Å². The van der Waals surface area contributed by atoms with Crippen molar-refractivity contribution in [3.05, 3.63) is 29.8 Å². The monoisotopic (exact) mass is 274 g/mol. The maximum Gasteiger partial charge on any atom is 0.493 e. The fourth-order valence-electron chi connectivity index (χ4n) is 2.88. The molecule has 1 heterocycles. The lowest BCUT2D eigenvalue weighted by atomic mass is 9.75. The molecule has 1 fully saturated rings. The predicted octanol–water partition coefficient (Wildman–Crippen LogP) is 3.60. The van der Waals surface area contributed by atoms with Crippen LogP contribution in [0.4, 0.5) is 0 Å². The second-order valence-electron chi connectivity index (χ2n) is 6.57. The van der Waals surface area contributed by atoms with Gasteiger partial charge in [-0.1, -0.05) is 52.0 Å². The fraction of sp³-hybridized carbons (Fsp3) is 0.647. The Bertz CT molecular complexity index is 394. The SMILES string of the molecule is CC(C)CC(c1ccc(B2OCCCO2)cc1)C(C)C. The van der Waals surface area contributed by atoms with Crippen LogP contribution in [0.5, 0.6) is 0 Å². The van der Waals surface area contributed by atoms with Gasteiger partial charge in [0.1, 0.15) is 0 Å². The first-order chi connectivity index (χ1) is 9.58. The zero-order valence-corrected chi connectivity index (χ0v) is 13.3. The highest BCUT2D eigenvalue weighted by Crippen LogP contribution is 2.30. The molecule has 0 aliphatic carbocycles. The molecule has 0 N–H and O–H groups in total. The summed E-state index contributed by atoms with van der Waals surface area (Å²) in [5.41, 5.74) is 2.58. The van der Waals surface area contributed by atoms with Crippen LogP contribution in [0.2, 0.25) is 0 Å². The van der Waals surface area contributed by atoms with Crippen LogP contribution in [0.1, 0.15) is 52.0 Å². The van der Waals surface area contributed by atoms with Crippen LogP contribution in [-0.4, -0.2) is 20.3 Å². The molecule has 1 atom stereocenters. The van der Waals surface area contributed by atoms with Gasteiger partial charge in [-0.25, -0.2) is 0 Å². The minimum atomic E-state index is -0.166. The van der Waals surface area contributed by atoms with Gasteiger partial charge >= 0.3 is 7.12 Å². The van der Waals surface area contributed by atoms with Gasteiger partial charge in [0.05, 0.1) is 0 Å². The van der Waals surface area contributed by atoms with Crippen LogP contribution in [0, 0.1) is 11.8 Å². The second-order valence-corrected chi connectivity index (χ2v) is 6.57. The quantitative estimate of drug-likeness (QED) is 0.764. The number of hydrogen-bond acceptors (Lipinski definition) is 2. The van der Waals surface area contributed by atoms with E-state index in [0.717, 1.165) is 31.0 Å². The Morgan fingerprint density at radius 2 is 1.60 bits per heavy atom. The van der Waals surface area contributed by atoms with E-state index in [0.29, 0.717) is 11.8 Å². The molecule has 0 saturated carbocycles. The van der Waals surface area contributed by atoms with Crippen LogP contribution in [0.15, 0.2) is 24.3 Å². The molecule has 1 aliphatic heterocycles. The summed E-state index contributed by atoms with van der Waals surface area (Å²) in [6.45, 7) is 10.8. The Balaban J connectivity index is 2.08. The molecular weight excluding hydrogens is 247 g/mol. The zero-order valence-electron chi connectivity index (χ0n) is 13.3. The van der Waals surface area contributed by atoms with Gasteiger partial charge in [0.25, 0.3) is 0 Å². The summed E-state index contributed by atoms with van der Waals surface area (Å²) in [5.74, 6) is 2.04. The molecule has 1 aromatic carbocycles. The molecule has 0 spiro atoms. The van der Waals surface area contributed by atoms with E-state index in [1.54, 1.807) is 0 Å². The highest BCUT2D eigenvalue weighted by molar-refractivity contribution is 6.61. The lowest BCUT2D eigenvalue weighted by molar-refractivity contribution is 0.143. The lowest BCUT2D eigenvalue weighted by Crippen LogP contribution is -2.40. The first-order valence-corrected chi connectivity index (χ1v) is 7.91. The summed E-state index contributed by atoms with van der Waals surface area (Å²) in [7, 11) is -0.166. The fourth-order valence-corrected chi connectivity index (χ4v) is 2.88. The van der Waals surface area contributed by atoms with Gasteiger partial charge in [0.15, 0.2) is 0 Å². The average molecular weight is 274 g/mol. The third kappa shape index (κ3) is 4.10. The minimum Gasteiger partial charge on any atom is -0.407 e. The molecule has 20 heavy (non-hydrogen) atoms.